The van der Waals surface area contributed by atoms with E-state index >= 15 is 0 Å². The summed E-state index contributed by atoms with van der Waals surface area (Å²) < 4.78 is 0. The number of amides is 2. The van der Waals surface area contributed by atoms with Crippen LogP contribution in [0.2, 0.25) is 0 Å². The Balaban J connectivity index is 1.94. The van der Waals surface area contributed by atoms with Gasteiger partial charge in [-0.3, -0.25) is 0 Å². The molecule has 0 bridgehead atoms. The maximum absolute atomic E-state index is 12.2. The summed E-state index contributed by atoms with van der Waals surface area (Å²) in [6.45, 7) is 4.75. The molecule has 0 spiro atoms. The molecule has 0 radical (unpaired) electrons. The van der Waals surface area contributed by atoms with Crippen molar-refractivity contribution in [3.63, 3.8) is 0 Å². The molecular formula is C17H27N3O. The number of hydrogen-bond donors (Lipinski definition) is 3. The Bertz CT molecular complexity index is 479. The first-order valence-electron chi connectivity index (χ1n) is 7.93. The fourth-order valence-electron chi connectivity index (χ4n) is 3.14. The van der Waals surface area contributed by atoms with Crippen LogP contribution in [0.15, 0.2) is 24.3 Å². The molecule has 0 unspecified atom stereocenters. The number of carbonyl (C=O) groups is 1. The van der Waals surface area contributed by atoms with E-state index in [0.717, 1.165) is 42.9 Å². The smallest absolute Gasteiger partial charge is 0.319 e. The Morgan fingerprint density at radius 3 is 2.67 bits per heavy atom. The summed E-state index contributed by atoms with van der Waals surface area (Å²) in [6, 6.07) is 7.66. The molecule has 0 aromatic heterocycles. The summed E-state index contributed by atoms with van der Waals surface area (Å²) >= 11 is 0. The lowest BCUT2D eigenvalue weighted by Gasteiger charge is -2.39. The van der Waals surface area contributed by atoms with E-state index in [1.165, 1.54) is 6.42 Å². The van der Waals surface area contributed by atoms with E-state index in [0.29, 0.717) is 6.54 Å². The van der Waals surface area contributed by atoms with Crippen molar-refractivity contribution < 1.29 is 4.79 Å². The monoisotopic (exact) mass is 289 g/mol. The molecule has 4 nitrogen and oxygen atoms in total. The third kappa shape index (κ3) is 4.21. The van der Waals surface area contributed by atoms with E-state index in [1.54, 1.807) is 0 Å². The van der Waals surface area contributed by atoms with Crippen LogP contribution in [-0.2, 0) is 0 Å². The van der Waals surface area contributed by atoms with Crippen LogP contribution in [0.5, 0.6) is 0 Å². The molecule has 21 heavy (non-hydrogen) atoms. The quantitative estimate of drug-likeness (QED) is 0.795. The number of urea groups is 1. The van der Waals surface area contributed by atoms with Crippen LogP contribution in [0.1, 0.15) is 44.6 Å². The molecule has 2 amide bonds. The molecule has 1 saturated carbocycles. The van der Waals surface area contributed by atoms with E-state index in [-0.39, 0.29) is 11.6 Å². The van der Waals surface area contributed by atoms with E-state index in [4.69, 9.17) is 5.73 Å². The van der Waals surface area contributed by atoms with Crippen molar-refractivity contribution in [3.8, 4) is 0 Å². The molecule has 0 saturated heterocycles. The maximum atomic E-state index is 12.2. The van der Waals surface area contributed by atoms with Crippen LogP contribution in [0, 0.1) is 12.8 Å². The van der Waals surface area contributed by atoms with Gasteiger partial charge in [-0.15, -0.1) is 0 Å². The molecule has 4 N–H and O–H groups in total. The van der Waals surface area contributed by atoms with Crippen LogP contribution < -0.4 is 16.4 Å². The van der Waals surface area contributed by atoms with E-state index in [9.17, 15) is 4.79 Å². The summed E-state index contributed by atoms with van der Waals surface area (Å²) in [5.74, 6) is 0.784. The van der Waals surface area contributed by atoms with Crippen molar-refractivity contribution in [3.05, 3.63) is 29.8 Å². The zero-order chi connectivity index (χ0) is 15.3. The second-order valence-corrected chi connectivity index (χ2v) is 6.28. The standard InChI is InChI=1S/C17H27N3O/c1-3-14-7-9-17(12-18,10-8-14)20-16(21)19-15-6-4-5-13(2)11-15/h4-6,11,14H,3,7-10,12,18H2,1-2H3,(H2,19,20,21). The van der Waals surface area contributed by atoms with Crippen LogP contribution in [0.25, 0.3) is 0 Å². The molecule has 1 aliphatic rings. The summed E-state index contributed by atoms with van der Waals surface area (Å²) in [4.78, 5) is 12.2. The highest BCUT2D eigenvalue weighted by Gasteiger charge is 2.35. The van der Waals surface area contributed by atoms with Crippen molar-refractivity contribution in [2.45, 2.75) is 51.5 Å². The lowest BCUT2D eigenvalue weighted by atomic mass is 9.75. The average Bonchev–Trinajstić information content (AvgIpc) is 2.48. The number of carbonyl (C=O) groups excluding carboxylic acids is 1. The fourth-order valence-corrected chi connectivity index (χ4v) is 3.14. The number of nitrogens with two attached hydrogens (primary N) is 1. The molecule has 1 aliphatic carbocycles. The first kappa shape index (κ1) is 15.8. The van der Waals surface area contributed by atoms with Gasteiger partial charge in [-0.1, -0.05) is 25.5 Å². The zero-order valence-electron chi connectivity index (χ0n) is 13.1. The number of benzene rings is 1. The van der Waals surface area contributed by atoms with Gasteiger partial charge in [0.1, 0.15) is 0 Å². The van der Waals surface area contributed by atoms with E-state index < -0.39 is 0 Å². The summed E-state index contributed by atoms with van der Waals surface area (Å²) in [5, 5.41) is 6.03. The van der Waals surface area contributed by atoms with Gasteiger partial charge in [0.25, 0.3) is 0 Å². The van der Waals surface area contributed by atoms with Crippen LogP contribution in [0.4, 0.5) is 10.5 Å². The minimum atomic E-state index is -0.237. The first-order chi connectivity index (χ1) is 10.1. The molecule has 1 aromatic rings. The minimum absolute atomic E-state index is 0.152. The minimum Gasteiger partial charge on any atom is -0.331 e. The predicted molar refractivity (Wildman–Crippen MR) is 87.4 cm³/mol. The Morgan fingerprint density at radius 2 is 2.10 bits per heavy atom. The maximum Gasteiger partial charge on any atom is 0.319 e. The van der Waals surface area contributed by atoms with E-state index in [1.807, 2.05) is 31.2 Å². The third-order valence-electron chi connectivity index (χ3n) is 4.69. The number of anilines is 1. The Kier molecular flexibility index (Phi) is 5.23. The average molecular weight is 289 g/mol. The molecule has 2 rings (SSSR count). The van der Waals surface area contributed by atoms with Gasteiger partial charge < -0.3 is 16.4 Å². The second-order valence-electron chi connectivity index (χ2n) is 6.28. The Hall–Kier alpha value is -1.55. The van der Waals surface area contributed by atoms with Gasteiger partial charge >= 0.3 is 6.03 Å². The molecular weight excluding hydrogens is 262 g/mol. The summed E-state index contributed by atoms with van der Waals surface area (Å²) in [7, 11) is 0. The van der Waals surface area contributed by atoms with Crippen molar-refractivity contribution >= 4 is 11.7 Å². The van der Waals surface area contributed by atoms with Crippen LogP contribution in [-0.4, -0.2) is 18.1 Å². The summed E-state index contributed by atoms with van der Waals surface area (Å²) in [5.41, 5.74) is 7.66. The van der Waals surface area contributed by atoms with Gasteiger partial charge in [0.2, 0.25) is 0 Å². The predicted octanol–water partition coefficient (Wildman–Crippen LogP) is 3.41. The Morgan fingerprint density at radius 1 is 1.38 bits per heavy atom. The number of hydrogen-bond acceptors (Lipinski definition) is 2. The van der Waals surface area contributed by atoms with Crippen molar-refractivity contribution in [1.82, 2.24) is 5.32 Å². The number of nitrogens with one attached hydrogen (secondary N) is 2. The third-order valence-corrected chi connectivity index (χ3v) is 4.69. The summed E-state index contributed by atoms with van der Waals surface area (Å²) in [6.07, 6.45) is 5.47. The van der Waals surface area contributed by atoms with Crippen molar-refractivity contribution in [2.24, 2.45) is 11.7 Å². The van der Waals surface area contributed by atoms with Crippen LogP contribution in [0.3, 0.4) is 0 Å². The molecule has 1 fully saturated rings. The largest absolute Gasteiger partial charge is 0.331 e. The molecule has 0 heterocycles. The van der Waals surface area contributed by atoms with Gasteiger partial charge in [0.15, 0.2) is 0 Å². The SMILES string of the molecule is CCC1CCC(CN)(NC(=O)Nc2cccc(C)c2)CC1. The fraction of sp³-hybridized carbons (Fsp3) is 0.588. The first-order valence-corrected chi connectivity index (χ1v) is 7.93. The highest BCUT2D eigenvalue weighted by Crippen LogP contribution is 2.33. The zero-order valence-corrected chi connectivity index (χ0v) is 13.1. The molecule has 116 valence electrons. The lowest BCUT2D eigenvalue weighted by molar-refractivity contribution is 0.189. The normalized spacial score (nSPS) is 25.4. The van der Waals surface area contributed by atoms with Crippen molar-refractivity contribution in [2.75, 3.05) is 11.9 Å². The molecule has 0 aliphatic heterocycles. The van der Waals surface area contributed by atoms with Crippen molar-refractivity contribution in [1.29, 1.82) is 0 Å². The van der Waals surface area contributed by atoms with E-state index in [2.05, 4.69) is 17.6 Å². The molecule has 1 aromatic carbocycles. The highest BCUT2D eigenvalue weighted by atomic mass is 16.2. The van der Waals surface area contributed by atoms with Gasteiger partial charge in [0, 0.05) is 12.2 Å². The second kappa shape index (κ2) is 6.94. The van der Waals surface area contributed by atoms with Gasteiger partial charge in [-0.05, 0) is 56.2 Å². The van der Waals surface area contributed by atoms with Gasteiger partial charge in [-0.25, -0.2) is 4.79 Å². The van der Waals surface area contributed by atoms with Gasteiger partial charge in [0.05, 0.1) is 5.54 Å². The molecule has 0 atom stereocenters. The number of aryl methyl sites for hydroxylation is 1. The topological polar surface area (TPSA) is 67.1 Å². The van der Waals surface area contributed by atoms with Crippen LogP contribution >= 0.6 is 0 Å². The molecule has 4 heteroatoms. The highest BCUT2D eigenvalue weighted by molar-refractivity contribution is 5.89. The number of rotatable bonds is 4. The Labute approximate surface area is 127 Å². The van der Waals surface area contributed by atoms with Gasteiger partial charge in [-0.2, -0.15) is 0 Å². The lowest BCUT2D eigenvalue weighted by Crippen LogP contribution is -2.56.